The Hall–Kier alpha value is -0.920. The van der Waals surface area contributed by atoms with Crippen molar-refractivity contribution in [2.45, 2.75) is 34.1 Å². The van der Waals surface area contributed by atoms with Crippen molar-refractivity contribution in [1.82, 2.24) is 0 Å². The highest BCUT2D eigenvalue weighted by Gasteiger charge is 2.27. The summed E-state index contributed by atoms with van der Waals surface area (Å²) in [5.41, 5.74) is 2.02. The molecule has 1 aliphatic rings. The quantitative estimate of drug-likeness (QED) is 0.607. The van der Waals surface area contributed by atoms with E-state index < -0.39 is 0 Å². The van der Waals surface area contributed by atoms with Crippen LogP contribution in [0.5, 0.6) is 0 Å². The van der Waals surface area contributed by atoms with Crippen LogP contribution in [-0.4, -0.2) is 18.5 Å². The summed E-state index contributed by atoms with van der Waals surface area (Å²) in [5.74, 6) is 0.187. The maximum Gasteiger partial charge on any atom is 0.181 e. The smallest absolute Gasteiger partial charge is 0.181 e. The lowest BCUT2D eigenvalue weighted by Crippen LogP contribution is -2.25. The Kier molecular flexibility index (Phi) is 2.69. The molecule has 1 rings (SSSR count). The number of dihydropyridines is 1. The van der Waals surface area contributed by atoms with Gasteiger partial charge in [0.25, 0.3) is 0 Å². The predicted molar refractivity (Wildman–Crippen MR) is 55.1 cm³/mol. The number of carbonyl (C=O) groups excluding carboxylic acids is 1. The summed E-state index contributed by atoms with van der Waals surface area (Å²) in [7, 11) is 0. The largest absolute Gasteiger partial charge is 0.292 e. The van der Waals surface area contributed by atoms with E-state index in [0.29, 0.717) is 6.54 Å². The van der Waals surface area contributed by atoms with Gasteiger partial charge < -0.3 is 0 Å². The van der Waals surface area contributed by atoms with Crippen LogP contribution in [-0.2, 0) is 4.79 Å². The molecule has 1 heterocycles. The summed E-state index contributed by atoms with van der Waals surface area (Å²) in [6.45, 7) is 8.63. The van der Waals surface area contributed by atoms with Crippen molar-refractivity contribution in [3.8, 4) is 0 Å². The number of hydrogen-bond donors (Lipinski definition) is 0. The summed E-state index contributed by atoms with van der Waals surface area (Å²) in [4.78, 5) is 15.7. The van der Waals surface area contributed by atoms with Gasteiger partial charge in [0, 0.05) is 11.8 Å². The molecule has 1 aliphatic heterocycles. The molecule has 2 heteroatoms. The van der Waals surface area contributed by atoms with Gasteiger partial charge in [-0.1, -0.05) is 27.7 Å². The van der Waals surface area contributed by atoms with Crippen LogP contribution in [0.4, 0.5) is 0 Å². The molecule has 0 amide bonds. The normalized spacial score (nSPS) is 18.3. The standard InChI is InChI=1S/C11H17NO/c1-5-8-6-12-7-9(13)10(8)11(2,3)4/h6H,5,7H2,1-4H3. The SMILES string of the molecule is CCC1=C(C(C)(C)C)C(=O)CN=C1. The fourth-order valence-corrected chi connectivity index (χ4v) is 1.73. The molecule has 0 spiro atoms. The van der Waals surface area contributed by atoms with Gasteiger partial charge >= 0.3 is 0 Å². The van der Waals surface area contributed by atoms with Gasteiger partial charge in [0.05, 0.1) is 0 Å². The first-order valence-electron chi connectivity index (χ1n) is 4.73. The van der Waals surface area contributed by atoms with Gasteiger partial charge in [-0.05, 0) is 17.4 Å². The van der Waals surface area contributed by atoms with Crippen molar-refractivity contribution in [3.63, 3.8) is 0 Å². The van der Waals surface area contributed by atoms with Crippen LogP contribution in [0.25, 0.3) is 0 Å². The Morgan fingerprint density at radius 1 is 1.46 bits per heavy atom. The molecule has 0 aromatic heterocycles. The molecular formula is C11H17NO. The van der Waals surface area contributed by atoms with Gasteiger partial charge in [-0.15, -0.1) is 0 Å². The molecule has 0 fully saturated rings. The number of aliphatic imine (C=N–C) groups is 1. The molecule has 0 aromatic rings. The number of hydrogen-bond acceptors (Lipinski definition) is 2. The Labute approximate surface area is 79.8 Å². The van der Waals surface area contributed by atoms with Crippen molar-refractivity contribution in [3.05, 3.63) is 11.1 Å². The first-order chi connectivity index (χ1) is 5.96. The summed E-state index contributed by atoms with van der Waals surface area (Å²) < 4.78 is 0. The summed E-state index contributed by atoms with van der Waals surface area (Å²) in [6.07, 6.45) is 2.74. The van der Waals surface area contributed by atoms with E-state index >= 15 is 0 Å². The second kappa shape index (κ2) is 3.44. The van der Waals surface area contributed by atoms with Crippen LogP contribution < -0.4 is 0 Å². The van der Waals surface area contributed by atoms with Crippen molar-refractivity contribution >= 4 is 12.0 Å². The van der Waals surface area contributed by atoms with Gasteiger partial charge in [-0.3, -0.25) is 9.79 Å². The lowest BCUT2D eigenvalue weighted by atomic mass is 9.79. The van der Waals surface area contributed by atoms with Gasteiger partial charge in [-0.2, -0.15) is 0 Å². The number of Topliss-reactive ketones (excluding diaryl/α,β-unsaturated/α-hetero) is 1. The van der Waals surface area contributed by atoms with E-state index in [1.54, 1.807) is 0 Å². The Morgan fingerprint density at radius 2 is 2.08 bits per heavy atom. The van der Waals surface area contributed by atoms with Gasteiger partial charge in [0.2, 0.25) is 0 Å². The molecule has 0 bridgehead atoms. The second-order valence-electron chi connectivity index (χ2n) is 4.40. The van der Waals surface area contributed by atoms with Crippen molar-refractivity contribution < 1.29 is 4.79 Å². The average Bonchev–Trinajstić information content (AvgIpc) is 2.01. The third-order valence-corrected chi connectivity index (χ3v) is 2.21. The third-order valence-electron chi connectivity index (χ3n) is 2.21. The molecule has 0 radical (unpaired) electrons. The number of allylic oxidation sites excluding steroid dienone is 1. The average molecular weight is 179 g/mol. The maximum absolute atomic E-state index is 11.6. The third kappa shape index (κ3) is 2.06. The molecule has 0 unspecified atom stereocenters. The molecule has 0 saturated heterocycles. The minimum absolute atomic E-state index is 0.0468. The van der Waals surface area contributed by atoms with Crippen LogP contribution in [0.3, 0.4) is 0 Å². The van der Waals surface area contributed by atoms with E-state index in [9.17, 15) is 4.79 Å². The lowest BCUT2D eigenvalue weighted by molar-refractivity contribution is -0.115. The van der Waals surface area contributed by atoms with Crippen molar-refractivity contribution in [1.29, 1.82) is 0 Å². The minimum Gasteiger partial charge on any atom is -0.292 e. The highest BCUT2D eigenvalue weighted by atomic mass is 16.1. The molecule has 0 N–H and O–H groups in total. The fraction of sp³-hybridized carbons (Fsp3) is 0.636. The zero-order chi connectivity index (χ0) is 10.1. The fourth-order valence-electron chi connectivity index (χ4n) is 1.73. The van der Waals surface area contributed by atoms with E-state index in [1.165, 1.54) is 0 Å². The summed E-state index contributed by atoms with van der Waals surface area (Å²) in [6, 6.07) is 0. The summed E-state index contributed by atoms with van der Waals surface area (Å²) >= 11 is 0. The van der Waals surface area contributed by atoms with Gasteiger partial charge in [-0.25, -0.2) is 0 Å². The van der Waals surface area contributed by atoms with E-state index in [1.807, 2.05) is 6.21 Å². The van der Waals surface area contributed by atoms with E-state index in [0.717, 1.165) is 17.6 Å². The second-order valence-corrected chi connectivity index (χ2v) is 4.40. The molecule has 0 aliphatic carbocycles. The topological polar surface area (TPSA) is 29.4 Å². The van der Waals surface area contributed by atoms with Crippen LogP contribution in [0.1, 0.15) is 34.1 Å². The molecule has 2 nitrogen and oxygen atoms in total. The zero-order valence-corrected chi connectivity index (χ0v) is 8.85. The molecular weight excluding hydrogens is 162 g/mol. The lowest BCUT2D eigenvalue weighted by Gasteiger charge is -2.25. The van der Waals surface area contributed by atoms with E-state index in [-0.39, 0.29) is 11.2 Å². The van der Waals surface area contributed by atoms with Crippen LogP contribution >= 0.6 is 0 Å². The molecule has 0 atom stereocenters. The van der Waals surface area contributed by atoms with E-state index in [4.69, 9.17) is 0 Å². The van der Waals surface area contributed by atoms with Crippen LogP contribution in [0.2, 0.25) is 0 Å². The number of carbonyl (C=O) groups is 1. The predicted octanol–water partition coefficient (Wildman–Crippen LogP) is 2.39. The number of rotatable bonds is 1. The highest BCUT2D eigenvalue weighted by Crippen LogP contribution is 2.30. The molecule has 13 heavy (non-hydrogen) atoms. The number of nitrogens with zero attached hydrogens (tertiary/aromatic N) is 1. The Morgan fingerprint density at radius 3 is 2.46 bits per heavy atom. The van der Waals surface area contributed by atoms with Crippen molar-refractivity contribution in [2.75, 3.05) is 6.54 Å². The van der Waals surface area contributed by atoms with Gasteiger partial charge in [0.15, 0.2) is 5.78 Å². The monoisotopic (exact) mass is 179 g/mol. The Bertz CT molecular complexity index is 279. The first kappa shape index (κ1) is 10.2. The molecule has 0 saturated carbocycles. The first-order valence-corrected chi connectivity index (χ1v) is 4.73. The molecule has 72 valence electrons. The zero-order valence-electron chi connectivity index (χ0n) is 8.85. The highest BCUT2D eigenvalue weighted by molar-refractivity contribution is 6.06. The molecule has 0 aromatic carbocycles. The number of ketones is 1. The van der Waals surface area contributed by atoms with Gasteiger partial charge in [0.1, 0.15) is 6.54 Å². The Balaban J connectivity index is 3.17. The van der Waals surface area contributed by atoms with Crippen molar-refractivity contribution in [2.24, 2.45) is 10.4 Å². The van der Waals surface area contributed by atoms with Crippen LogP contribution in [0.15, 0.2) is 16.1 Å². The maximum atomic E-state index is 11.6. The minimum atomic E-state index is -0.0468. The van der Waals surface area contributed by atoms with Crippen LogP contribution in [0, 0.1) is 5.41 Å². The van der Waals surface area contributed by atoms with E-state index in [2.05, 4.69) is 32.7 Å². The summed E-state index contributed by atoms with van der Waals surface area (Å²) in [5, 5.41) is 0.